The predicted molar refractivity (Wildman–Crippen MR) is 106 cm³/mol. The number of thiophene rings is 2. The maximum atomic E-state index is 6.35. The average Bonchev–Trinajstić information content (AvgIpc) is 3.20. The first-order chi connectivity index (χ1) is 12.2. The second kappa shape index (κ2) is 4.59. The van der Waals surface area contributed by atoms with E-state index in [1.165, 1.54) is 47.1 Å². The zero-order valence-electron chi connectivity index (χ0n) is 13.8. The van der Waals surface area contributed by atoms with Crippen molar-refractivity contribution < 1.29 is 9.30 Å². The molecule has 4 heterocycles. The summed E-state index contributed by atoms with van der Waals surface area (Å²) in [7, 11) is 2.12. The molecule has 0 saturated carbocycles. The molecule has 0 radical (unpaired) electrons. The highest BCUT2D eigenvalue weighted by Crippen LogP contribution is 2.51. The minimum absolute atomic E-state index is 0.975. The summed E-state index contributed by atoms with van der Waals surface area (Å²) < 4.78 is 12.6. The molecule has 5 aromatic rings. The Labute approximate surface area is 152 Å². The number of ether oxygens (including phenoxy) is 1. The summed E-state index contributed by atoms with van der Waals surface area (Å²) in [5.41, 5.74) is 3.82. The standard InChI is InChI=1S/C21H14NOS2/c1-11-18-14(9-13-12-5-3-4-6-16(12)25-21(11)13)23-15-10-24-17-7-8-22(2)20(18)19(15)17/h3-10H,1-2H3/q+1. The predicted octanol–water partition coefficient (Wildman–Crippen LogP) is 6.17. The molecule has 1 aliphatic rings. The number of aryl methyl sites for hydroxylation is 2. The molecule has 6 rings (SSSR count). The van der Waals surface area contributed by atoms with Crippen LogP contribution in [0.1, 0.15) is 5.56 Å². The van der Waals surface area contributed by atoms with Crippen LogP contribution in [-0.2, 0) is 7.05 Å². The molecule has 0 N–H and O–H groups in total. The van der Waals surface area contributed by atoms with Gasteiger partial charge >= 0.3 is 0 Å². The number of pyridine rings is 1. The SMILES string of the molecule is Cc1c2c(cc3c1sc1ccccc13)Oc1csc3cc[n+](C)c-2c13. The van der Waals surface area contributed by atoms with Crippen LogP contribution in [0.15, 0.2) is 48.0 Å². The first-order valence-electron chi connectivity index (χ1n) is 8.25. The van der Waals surface area contributed by atoms with Gasteiger partial charge in [-0.1, -0.05) is 18.2 Å². The van der Waals surface area contributed by atoms with Gasteiger partial charge in [0.15, 0.2) is 11.9 Å². The van der Waals surface area contributed by atoms with Crippen LogP contribution in [-0.4, -0.2) is 0 Å². The van der Waals surface area contributed by atoms with Gasteiger partial charge in [-0.05, 0) is 24.6 Å². The molecule has 2 nitrogen and oxygen atoms in total. The van der Waals surface area contributed by atoms with E-state index >= 15 is 0 Å². The van der Waals surface area contributed by atoms with Crippen LogP contribution in [0.4, 0.5) is 0 Å². The molecule has 0 atom stereocenters. The Morgan fingerprint density at radius 2 is 1.88 bits per heavy atom. The van der Waals surface area contributed by atoms with Crippen LogP contribution in [0, 0.1) is 6.92 Å². The van der Waals surface area contributed by atoms with Crippen molar-refractivity contribution in [2.24, 2.45) is 7.05 Å². The Hall–Kier alpha value is -2.43. The topological polar surface area (TPSA) is 13.1 Å². The lowest BCUT2D eigenvalue weighted by atomic mass is 9.96. The van der Waals surface area contributed by atoms with Gasteiger partial charge in [0.25, 0.3) is 0 Å². The van der Waals surface area contributed by atoms with Gasteiger partial charge < -0.3 is 4.74 Å². The summed E-state index contributed by atoms with van der Waals surface area (Å²) in [5, 5.41) is 5.98. The molecule has 4 heteroatoms. The third-order valence-corrected chi connectivity index (χ3v) is 7.38. The van der Waals surface area contributed by atoms with Gasteiger partial charge in [0, 0.05) is 31.6 Å². The summed E-state index contributed by atoms with van der Waals surface area (Å²) in [4.78, 5) is 0. The molecular weight excluding hydrogens is 346 g/mol. The quantitative estimate of drug-likeness (QED) is 0.295. The minimum atomic E-state index is 0.975. The molecule has 0 spiro atoms. The Morgan fingerprint density at radius 1 is 1.00 bits per heavy atom. The summed E-state index contributed by atoms with van der Waals surface area (Å²) in [5.74, 6) is 1.96. The van der Waals surface area contributed by atoms with Crippen molar-refractivity contribution in [3.05, 3.63) is 53.5 Å². The van der Waals surface area contributed by atoms with Crippen LogP contribution in [0.25, 0.3) is 41.5 Å². The van der Waals surface area contributed by atoms with E-state index in [4.69, 9.17) is 4.74 Å². The maximum Gasteiger partial charge on any atom is 0.228 e. The van der Waals surface area contributed by atoms with E-state index in [2.05, 4.69) is 66.5 Å². The van der Waals surface area contributed by atoms with E-state index in [1.54, 1.807) is 11.3 Å². The van der Waals surface area contributed by atoms with E-state index < -0.39 is 0 Å². The van der Waals surface area contributed by atoms with Gasteiger partial charge in [-0.15, -0.1) is 22.7 Å². The number of hydrogen-bond acceptors (Lipinski definition) is 3. The number of benzene rings is 2. The molecule has 0 saturated heterocycles. The Balaban J connectivity index is 1.83. The van der Waals surface area contributed by atoms with Crippen molar-refractivity contribution in [1.82, 2.24) is 0 Å². The molecule has 2 aromatic carbocycles. The maximum absolute atomic E-state index is 6.35. The second-order valence-electron chi connectivity index (χ2n) is 6.57. The minimum Gasteiger partial charge on any atom is -0.455 e. The fourth-order valence-electron chi connectivity index (χ4n) is 4.00. The van der Waals surface area contributed by atoms with Gasteiger partial charge in [-0.3, -0.25) is 0 Å². The Kier molecular flexibility index (Phi) is 2.54. The van der Waals surface area contributed by atoms with Gasteiger partial charge in [0.1, 0.15) is 18.2 Å². The van der Waals surface area contributed by atoms with Crippen molar-refractivity contribution in [3.8, 4) is 22.8 Å². The molecule has 3 aromatic heterocycles. The van der Waals surface area contributed by atoms with Crippen molar-refractivity contribution in [2.75, 3.05) is 0 Å². The lowest BCUT2D eigenvalue weighted by Crippen LogP contribution is -2.31. The third-order valence-electron chi connectivity index (χ3n) is 5.15. The zero-order valence-corrected chi connectivity index (χ0v) is 15.4. The van der Waals surface area contributed by atoms with Gasteiger partial charge in [-0.25, -0.2) is 4.57 Å². The van der Waals surface area contributed by atoms with Crippen LogP contribution in [0.2, 0.25) is 0 Å². The van der Waals surface area contributed by atoms with E-state index in [0.29, 0.717) is 0 Å². The fourth-order valence-corrected chi connectivity index (χ4v) is 6.04. The highest BCUT2D eigenvalue weighted by molar-refractivity contribution is 7.26. The molecule has 1 aliphatic heterocycles. The number of rotatable bonds is 0. The molecule has 0 bridgehead atoms. The molecule has 0 amide bonds. The third kappa shape index (κ3) is 1.66. The molecule has 25 heavy (non-hydrogen) atoms. The van der Waals surface area contributed by atoms with Crippen molar-refractivity contribution in [3.63, 3.8) is 0 Å². The van der Waals surface area contributed by atoms with E-state index in [0.717, 1.165) is 11.5 Å². The summed E-state index contributed by atoms with van der Waals surface area (Å²) >= 11 is 3.63. The van der Waals surface area contributed by atoms with Gasteiger partial charge in [-0.2, -0.15) is 0 Å². The number of nitrogens with zero attached hydrogens (tertiary/aromatic N) is 1. The Bertz CT molecular complexity index is 1340. The largest absolute Gasteiger partial charge is 0.455 e. The summed E-state index contributed by atoms with van der Waals surface area (Å²) in [6.07, 6.45) is 2.15. The number of hydrogen-bond donors (Lipinski definition) is 0. The molecule has 0 aliphatic carbocycles. The lowest BCUT2D eigenvalue weighted by Gasteiger charge is -2.18. The number of aromatic nitrogens is 1. The van der Waals surface area contributed by atoms with E-state index in [1.807, 2.05) is 11.3 Å². The van der Waals surface area contributed by atoms with Crippen LogP contribution in [0.5, 0.6) is 11.5 Å². The molecule has 0 fully saturated rings. The first-order valence-corrected chi connectivity index (χ1v) is 9.95. The monoisotopic (exact) mass is 360 g/mol. The molecule has 0 unspecified atom stereocenters. The second-order valence-corrected chi connectivity index (χ2v) is 8.53. The van der Waals surface area contributed by atoms with Crippen molar-refractivity contribution in [2.45, 2.75) is 6.92 Å². The fraction of sp³-hybridized carbons (Fsp3) is 0.0952. The average molecular weight is 360 g/mol. The van der Waals surface area contributed by atoms with Gasteiger partial charge in [0.2, 0.25) is 5.69 Å². The van der Waals surface area contributed by atoms with Crippen LogP contribution >= 0.6 is 22.7 Å². The van der Waals surface area contributed by atoms with E-state index in [9.17, 15) is 0 Å². The summed E-state index contributed by atoms with van der Waals surface area (Å²) in [6, 6.07) is 13.0. The lowest BCUT2D eigenvalue weighted by molar-refractivity contribution is -0.659. The smallest absolute Gasteiger partial charge is 0.228 e. The zero-order chi connectivity index (χ0) is 16.7. The normalized spacial score (nSPS) is 12.7. The van der Waals surface area contributed by atoms with Crippen molar-refractivity contribution in [1.29, 1.82) is 0 Å². The number of fused-ring (bicyclic) bond motifs is 5. The first kappa shape index (κ1) is 13.8. The molecule has 120 valence electrons. The summed E-state index contributed by atoms with van der Waals surface area (Å²) in [6.45, 7) is 2.23. The highest BCUT2D eigenvalue weighted by Gasteiger charge is 2.31. The molecular formula is C21H14NOS2+. The van der Waals surface area contributed by atoms with Crippen LogP contribution in [0.3, 0.4) is 0 Å². The van der Waals surface area contributed by atoms with E-state index in [-0.39, 0.29) is 0 Å². The van der Waals surface area contributed by atoms with Gasteiger partial charge in [0.05, 0.1) is 10.3 Å². The Morgan fingerprint density at radius 3 is 2.80 bits per heavy atom. The van der Waals surface area contributed by atoms with Crippen LogP contribution < -0.4 is 9.30 Å². The highest BCUT2D eigenvalue weighted by atomic mass is 32.1. The van der Waals surface area contributed by atoms with Crippen molar-refractivity contribution >= 4 is 52.9 Å².